The van der Waals surface area contributed by atoms with Gasteiger partial charge in [-0.3, -0.25) is 0 Å². The van der Waals surface area contributed by atoms with Crippen LogP contribution >= 0.6 is 0 Å². The molecule has 0 aliphatic rings. The van der Waals surface area contributed by atoms with Gasteiger partial charge in [-0.25, -0.2) is 13.4 Å². The van der Waals surface area contributed by atoms with E-state index in [0.29, 0.717) is 11.8 Å². The summed E-state index contributed by atoms with van der Waals surface area (Å²) in [5.74, 6) is -0.0284. The van der Waals surface area contributed by atoms with Gasteiger partial charge in [0, 0.05) is 24.4 Å². The number of aliphatic hydroxyl groups is 1. The van der Waals surface area contributed by atoms with Gasteiger partial charge in [0.05, 0.1) is 22.7 Å². The fourth-order valence-corrected chi connectivity index (χ4v) is 2.84. The van der Waals surface area contributed by atoms with Crippen LogP contribution in [-0.4, -0.2) is 37.0 Å². The predicted molar refractivity (Wildman–Crippen MR) is 94.2 cm³/mol. The third-order valence-electron chi connectivity index (χ3n) is 3.72. The van der Waals surface area contributed by atoms with Crippen LogP contribution in [0.5, 0.6) is 5.88 Å². The number of pyridine rings is 1. The van der Waals surface area contributed by atoms with Crippen molar-refractivity contribution >= 4 is 9.84 Å². The van der Waals surface area contributed by atoms with Gasteiger partial charge in [-0.15, -0.1) is 0 Å². The Balaban J connectivity index is 2.43. The number of aromatic nitrogens is 1. The second kappa shape index (κ2) is 7.47. The first-order chi connectivity index (χ1) is 12.3. The molecule has 2 rings (SSSR count). The molecule has 1 heterocycles. The molecule has 1 N–H and O–H groups in total. The molecule has 0 aliphatic carbocycles. The first kappa shape index (κ1) is 21.2. The second-order valence-corrected chi connectivity index (χ2v) is 8.80. The molecule has 0 bridgehead atoms. The molecule has 0 atom stereocenters. The third kappa shape index (κ3) is 5.93. The lowest BCUT2D eigenvalue weighted by Crippen LogP contribution is -2.22. The standard InChI is InChI=1S/C18H20F3NO4S/c1-17(2,23)8-9-26-16-15(10-13(11-22-16)18(19,20)21)12-4-6-14(7-5-12)27(3,24)25/h4-7,10-11,23H,8-9H2,1-3H3. The molecule has 0 radical (unpaired) electrons. The molecule has 0 saturated carbocycles. The lowest BCUT2D eigenvalue weighted by Gasteiger charge is -2.18. The maximum atomic E-state index is 13.1. The number of alkyl halides is 3. The van der Waals surface area contributed by atoms with Crippen LogP contribution in [0.25, 0.3) is 11.1 Å². The fraction of sp³-hybridized carbons (Fsp3) is 0.389. The van der Waals surface area contributed by atoms with Gasteiger partial charge in [-0.2, -0.15) is 13.2 Å². The Hall–Kier alpha value is -2.13. The summed E-state index contributed by atoms with van der Waals surface area (Å²) in [5, 5.41) is 9.73. The number of ether oxygens (including phenoxy) is 1. The molecule has 5 nitrogen and oxygen atoms in total. The smallest absolute Gasteiger partial charge is 0.417 e. The second-order valence-electron chi connectivity index (χ2n) is 6.78. The molecule has 0 fully saturated rings. The zero-order valence-corrected chi connectivity index (χ0v) is 15.9. The molecule has 0 amide bonds. The van der Waals surface area contributed by atoms with Crippen molar-refractivity contribution < 1.29 is 31.4 Å². The molecule has 9 heteroatoms. The minimum Gasteiger partial charge on any atom is -0.477 e. The summed E-state index contributed by atoms with van der Waals surface area (Å²) in [7, 11) is -3.43. The highest BCUT2D eigenvalue weighted by Gasteiger charge is 2.32. The Labute approximate surface area is 155 Å². The van der Waals surface area contributed by atoms with Gasteiger partial charge < -0.3 is 9.84 Å². The van der Waals surface area contributed by atoms with Gasteiger partial charge in [0.2, 0.25) is 5.88 Å². The predicted octanol–water partition coefficient (Wildman–Crippen LogP) is 3.71. The van der Waals surface area contributed by atoms with E-state index in [1.165, 1.54) is 24.3 Å². The molecule has 27 heavy (non-hydrogen) atoms. The van der Waals surface area contributed by atoms with Crippen LogP contribution < -0.4 is 4.74 Å². The van der Waals surface area contributed by atoms with Crippen molar-refractivity contribution in [2.24, 2.45) is 0 Å². The van der Waals surface area contributed by atoms with Crippen molar-refractivity contribution in [1.29, 1.82) is 0 Å². The van der Waals surface area contributed by atoms with Crippen molar-refractivity contribution in [1.82, 2.24) is 4.98 Å². The molecular formula is C18H20F3NO4S. The van der Waals surface area contributed by atoms with Crippen LogP contribution in [0, 0.1) is 0 Å². The Kier molecular flexibility index (Phi) is 5.86. The molecule has 1 aromatic carbocycles. The van der Waals surface area contributed by atoms with E-state index in [9.17, 15) is 26.7 Å². The summed E-state index contributed by atoms with van der Waals surface area (Å²) < 4.78 is 67.7. The molecule has 0 unspecified atom stereocenters. The molecule has 1 aromatic heterocycles. The largest absolute Gasteiger partial charge is 0.477 e. The van der Waals surface area contributed by atoms with E-state index >= 15 is 0 Å². The van der Waals surface area contributed by atoms with Crippen LogP contribution in [0.2, 0.25) is 0 Å². The summed E-state index contributed by atoms with van der Waals surface area (Å²) in [6.45, 7) is 3.22. The lowest BCUT2D eigenvalue weighted by molar-refractivity contribution is -0.137. The van der Waals surface area contributed by atoms with Crippen molar-refractivity contribution in [2.45, 2.75) is 36.9 Å². The van der Waals surface area contributed by atoms with Crippen LogP contribution in [-0.2, 0) is 16.0 Å². The van der Waals surface area contributed by atoms with E-state index in [4.69, 9.17) is 4.74 Å². The van der Waals surface area contributed by atoms with E-state index in [0.717, 1.165) is 12.3 Å². The zero-order chi connectivity index (χ0) is 20.5. The Morgan fingerprint density at radius 3 is 2.22 bits per heavy atom. The third-order valence-corrected chi connectivity index (χ3v) is 4.85. The number of halogens is 3. The average Bonchev–Trinajstić information content (AvgIpc) is 2.52. The minimum atomic E-state index is -4.58. The maximum Gasteiger partial charge on any atom is 0.417 e. The Morgan fingerprint density at radius 2 is 1.74 bits per heavy atom. The highest BCUT2D eigenvalue weighted by molar-refractivity contribution is 7.90. The van der Waals surface area contributed by atoms with Crippen LogP contribution in [0.4, 0.5) is 13.2 Å². The summed E-state index contributed by atoms with van der Waals surface area (Å²) in [6, 6.07) is 6.33. The Bertz CT molecular complexity index is 902. The normalized spacial score (nSPS) is 12.9. The van der Waals surface area contributed by atoms with Crippen molar-refractivity contribution in [3.8, 4) is 17.0 Å². The van der Waals surface area contributed by atoms with Gasteiger partial charge in [-0.1, -0.05) is 12.1 Å². The quantitative estimate of drug-likeness (QED) is 0.796. The van der Waals surface area contributed by atoms with E-state index in [2.05, 4.69) is 4.98 Å². The van der Waals surface area contributed by atoms with E-state index < -0.39 is 27.2 Å². The summed E-state index contributed by atoms with van der Waals surface area (Å²) in [4.78, 5) is 3.82. The lowest BCUT2D eigenvalue weighted by atomic mass is 10.0. The number of benzene rings is 1. The molecule has 0 saturated heterocycles. The summed E-state index contributed by atoms with van der Waals surface area (Å²) >= 11 is 0. The zero-order valence-electron chi connectivity index (χ0n) is 15.0. The molecule has 148 valence electrons. The van der Waals surface area contributed by atoms with E-state index in [1.54, 1.807) is 13.8 Å². The van der Waals surface area contributed by atoms with E-state index in [-0.39, 0.29) is 29.4 Å². The molecular weight excluding hydrogens is 383 g/mol. The highest BCUT2D eigenvalue weighted by Crippen LogP contribution is 2.36. The van der Waals surface area contributed by atoms with Crippen molar-refractivity contribution in [3.63, 3.8) is 0 Å². The van der Waals surface area contributed by atoms with Crippen molar-refractivity contribution in [3.05, 3.63) is 42.1 Å². The molecule has 0 aliphatic heterocycles. The molecule has 0 spiro atoms. The van der Waals surface area contributed by atoms with Crippen molar-refractivity contribution in [2.75, 3.05) is 12.9 Å². The molecule has 2 aromatic rings. The van der Waals surface area contributed by atoms with Gasteiger partial charge in [0.1, 0.15) is 0 Å². The van der Waals surface area contributed by atoms with Gasteiger partial charge in [0.25, 0.3) is 0 Å². The van der Waals surface area contributed by atoms with Crippen LogP contribution in [0.1, 0.15) is 25.8 Å². The first-order valence-electron chi connectivity index (χ1n) is 8.00. The monoisotopic (exact) mass is 403 g/mol. The first-order valence-corrected chi connectivity index (χ1v) is 9.89. The summed E-state index contributed by atoms with van der Waals surface area (Å²) in [6.07, 6.45) is -2.62. The average molecular weight is 403 g/mol. The van der Waals surface area contributed by atoms with Crippen LogP contribution in [0.3, 0.4) is 0 Å². The minimum absolute atomic E-state index is 0.0284. The number of rotatable bonds is 6. The fourth-order valence-electron chi connectivity index (χ4n) is 2.21. The van der Waals surface area contributed by atoms with Gasteiger partial charge in [0.15, 0.2) is 9.84 Å². The number of nitrogens with zero attached hydrogens (tertiary/aromatic N) is 1. The SMILES string of the molecule is CC(C)(O)CCOc1ncc(C(F)(F)F)cc1-c1ccc(S(C)(=O)=O)cc1. The van der Waals surface area contributed by atoms with Gasteiger partial charge >= 0.3 is 6.18 Å². The summed E-state index contributed by atoms with van der Waals surface area (Å²) in [5.41, 5.74) is -1.53. The Morgan fingerprint density at radius 1 is 1.15 bits per heavy atom. The van der Waals surface area contributed by atoms with Gasteiger partial charge in [-0.05, 0) is 37.6 Å². The number of hydrogen-bond acceptors (Lipinski definition) is 5. The van der Waals surface area contributed by atoms with Crippen LogP contribution in [0.15, 0.2) is 41.4 Å². The van der Waals surface area contributed by atoms with E-state index in [1.807, 2.05) is 0 Å². The highest BCUT2D eigenvalue weighted by atomic mass is 32.2. The number of sulfone groups is 1. The topological polar surface area (TPSA) is 76.5 Å². The maximum absolute atomic E-state index is 13.1. The number of hydrogen-bond donors (Lipinski definition) is 1.